The van der Waals surface area contributed by atoms with E-state index in [1.54, 1.807) is 0 Å². The van der Waals surface area contributed by atoms with Crippen LogP contribution in [0.1, 0.15) is 165 Å². The molecule has 18 heteroatoms. The van der Waals surface area contributed by atoms with Gasteiger partial charge in [-0.1, -0.05) is 109 Å². The minimum atomic E-state index is -0.179. The van der Waals surface area contributed by atoms with E-state index in [1.165, 1.54) is 0 Å². The number of fused-ring (bicyclic) bond motifs is 1. The Morgan fingerprint density at radius 3 is 0.985 bits per heavy atom. The second-order valence-electron chi connectivity index (χ2n) is 23.2. The van der Waals surface area contributed by atoms with Crippen molar-refractivity contribution in [2.24, 2.45) is 5.41 Å². The number of hydrogen-bond donors (Lipinski definition) is 0. The van der Waals surface area contributed by atoms with Crippen LogP contribution < -0.4 is 9.31 Å². The topological polar surface area (TPSA) is 111 Å². The van der Waals surface area contributed by atoms with Crippen molar-refractivity contribution < 1.29 is 55.9 Å². The van der Waals surface area contributed by atoms with Gasteiger partial charge in [-0.15, -0.1) is 0 Å². The van der Waals surface area contributed by atoms with Gasteiger partial charge in [-0.3, -0.25) is 0 Å². The van der Waals surface area contributed by atoms with Crippen LogP contribution in [-0.4, -0.2) is 105 Å². The average molecular weight is 914 g/mol. The van der Waals surface area contributed by atoms with Crippen LogP contribution in [0.15, 0.2) is 24.3 Å². The number of rotatable bonds is 6. The molecule has 0 unspecified atom stereocenters. The molecule has 0 amide bonds. The van der Waals surface area contributed by atoms with Crippen LogP contribution in [-0.2, 0) is 46.5 Å². The number of para-hydroxylation sites is 2. The van der Waals surface area contributed by atoms with Gasteiger partial charge in [-0.25, -0.2) is 0 Å². The molecule has 0 bridgehead atoms. The molecule has 0 spiro atoms. The first-order valence-corrected chi connectivity index (χ1v) is 24.7. The van der Waals surface area contributed by atoms with Crippen molar-refractivity contribution in [3.8, 4) is 11.5 Å². The lowest BCUT2D eigenvalue weighted by molar-refractivity contribution is -0.0791. The predicted molar refractivity (Wildman–Crippen MR) is 272 cm³/mol. The monoisotopic (exact) mass is 915 g/mol. The van der Waals surface area contributed by atoms with E-state index in [-0.39, 0.29) is 70.5 Å². The van der Waals surface area contributed by atoms with Crippen molar-refractivity contribution in [2.75, 3.05) is 39.6 Å². The highest BCUT2D eigenvalue weighted by Crippen LogP contribution is 2.40. The number of benzene rings is 1. The van der Waals surface area contributed by atoms with Gasteiger partial charge in [0.05, 0.1) is 35.6 Å². The molecule has 0 atom stereocenters. The molecule has 1 aromatic rings. The number of hydrogen-bond acceptors (Lipinski definition) is 12. The molecule has 1 aromatic carbocycles. The fourth-order valence-corrected chi connectivity index (χ4v) is 7.13. The van der Waals surface area contributed by atoms with Crippen molar-refractivity contribution in [3.05, 3.63) is 24.3 Å². The lowest BCUT2D eigenvalue weighted by atomic mass is 9.69. The van der Waals surface area contributed by atoms with Crippen molar-refractivity contribution in [1.82, 2.24) is 0 Å². The highest BCUT2D eigenvalue weighted by Gasteiger charge is 2.52. The first-order valence-electron chi connectivity index (χ1n) is 24.7. The van der Waals surface area contributed by atoms with E-state index in [0.29, 0.717) is 34.9 Å². The Hall–Kier alpha value is -1.19. The summed E-state index contributed by atoms with van der Waals surface area (Å²) in [7, 11) is -0.0760. The predicted octanol–water partition coefficient (Wildman–Crippen LogP) is 11.9. The van der Waals surface area contributed by atoms with Gasteiger partial charge in [0.2, 0.25) is 0 Å². The second kappa shape index (κ2) is 26.7. The molecule has 7 rings (SSSR count). The van der Waals surface area contributed by atoms with Crippen LogP contribution in [0.2, 0.25) is 34.9 Å². The summed E-state index contributed by atoms with van der Waals surface area (Å²) in [4.78, 5) is 0. The quantitative estimate of drug-likeness (QED) is 0.253. The summed E-state index contributed by atoms with van der Waals surface area (Å²) >= 11 is 0. The van der Waals surface area contributed by atoms with Gasteiger partial charge in [-0.05, 0) is 103 Å². The minimum absolute atomic E-state index is 0.0167. The van der Waals surface area contributed by atoms with Crippen LogP contribution in [0.3, 0.4) is 0 Å². The molecule has 65 heavy (non-hydrogen) atoms. The molecule has 6 aliphatic heterocycles. The Morgan fingerprint density at radius 1 is 0.385 bits per heavy atom. The lowest BCUT2D eigenvalue weighted by Crippen LogP contribution is -2.52. The lowest BCUT2D eigenvalue weighted by Gasteiger charge is -2.45. The van der Waals surface area contributed by atoms with Gasteiger partial charge >= 0.3 is 42.7 Å². The van der Waals surface area contributed by atoms with Crippen LogP contribution in [0.4, 0.5) is 0 Å². The molecular formula is C47H92B6O12. The first-order chi connectivity index (χ1) is 29.9. The largest absolute Gasteiger partial charge is 0.597 e. The maximum atomic E-state index is 5.85. The Labute approximate surface area is 400 Å². The molecule has 6 heterocycles. The molecule has 12 nitrogen and oxygen atoms in total. The molecular weight excluding hydrogens is 821 g/mol. The van der Waals surface area contributed by atoms with Gasteiger partial charge in [0, 0.05) is 44.1 Å². The summed E-state index contributed by atoms with van der Waals surface area (Å²) in [5, 5.41) is 0. The molecule has 0 aliphatic carbocycles. The molecule has 5 fully saturated rings. The van der Waals surface area contributed by atoms with E-state index in [4.69, 9.17) is 55.9 Å². The van der Waals surface area contributed by atoms with Gasteiger partial charge in [-0.2, -0.15) is 0 Å². The molecule has 0 N–H and O–H groups in total. The summed E-state index contributed by atoms with van der Waals surface area (Å²) in [6, 6.07) is 7.76. The van der Waals surface area contributed by atoms with E-state index in [2.05, 4.69) is 152 Å². The first kappa shape index (κ1) is 59.9. The highest BCUT2D eigenvalue weighted by molar-refractivity contribution is 6.49. The zero-order valence-corrected chi connectivity index (χ0v) is 45.3. The van der Waals surface area contributed by atoms with Crippen LogP contribution >= 0.6 is 0 Å². The Bertz CT molecular complexity index is 1400. The Kier molecular flexibility index (Phi) is 24.6. The van der Waals surface area contributed by atoms with E-state index >= 15 is 0 Å². The van der Waals surface area contributed by atoms with Gasteiger partial charge < -0.3 is 55.9 Å². The third-order valence-electron chi connectivity index (χ3n) is 11.4. The van der Waals surface area contributed by atoms with Gasteiger partial charge in [0.1, 0.15) is 11.5 Å². The van der Waals surface area contributed by atoms with Crippen LogP contribution in [0.5, 0.6) is 11.5 Å². The molecule has 370 valence electrons. The maximum Gasteiger partial charge on any atom is 0.597 e. The fourth-order valence-electron chi connectivity index (χ4n) is 7.13. The van der Waals surface area contributed by atoms with E-state index in [0.717, 1.165) is 64.0 Å². The average Bonchev–Trinajstić information content (AvgIpc) is 3.94. The van der Waals surface area contributed by atoms with E-state index in [9.17, 15) is 0 Å². The summed E-state index contributed by atoms with van der Waals surface area (Å²) in [6.45, 7) is 51.3. The van der Waals surface area contributed by atoms with Gasteiger partial charge in [0.25, 0.3) is 0 Å². The molecule has 6 aliphatic rings. The minimum Gasteiger partial charge on any atom is -0.523 e. The summed E-state index contributed by atoms with van der Waals surface area (Å²) < 4.78 is 66.5. The van der Waals surface area contributed by atoms with Crippen LogP contribution in [0.25, 0.3) is 0 Å². The van der Waals surface area contributed by atoms with Crippen molar-refractivity contribution >= 4 is 42.7 Å². The summed E-state index contributed by atoms with van der Waals surface area (Å²) in [5.41, 5.74) is -0.275. The second-order valence-corrected chi connectivity index (χ2v) is 23.2. The SMILES string of the molecule is CC(C)B1OC(C)(C)C(C)(C)O1.CC(C)B1OC(C)(C)CC(C)(C)O1.CC(C)B1OCC(C)(C)CO1.CC(C)B1OCCCO1.CC(C)B1OCCO1.CC(C)B1Oc2ccccc2O1. The van der Waals surface area contributed by atoms with Gasteiger partial charge in [0.15, 0.2) is 0 Å². The maximum absolute atomic E-state index is 5.85. The van der Waals surface area contributed by atoms with E-state index < -0.39 is 0 Å². The highest BCUT2D eigenvalue weighted by atomic mass is 16.7. The van der Waals surface area contributed by atoms with Crippen molar-refractivity contribution in [1.29, 1.82) is 0 Å². The summed E-state index contributed by atoms with van der Waals surface area (Å²) in [5.74, 6) is 4.39. The zero-order valence-electron chi connectivity index (χ0n) is 45.3. The fraction of sp³-hybridized carbons (Fsp3) is 0.872. The zero-order chi connectivity index (χ0) is 49.6. The normalized spacial score (nSPS) is 22.4. The third kappa shape index (κ3) is 21.6. The van der Waals surface area contributed by atoms with E-state index in [1.807, 2.05) is 24.3 Å². The summed E-state index contributed by atoms with van der Waals surface area (Å²) in [6.07, 6.45) is 1.99. The Balaban J connectivity index is 0.000000270. The molecule has 0 aromatic heterocycles. The smallest absolute Gasteiger partial charge is 0.523 e. The van der Waals surface area contributed by atoms with Crippen molar-refractivity contribution in [3.63, 3.8) is 0 Å². The third-order valence-corrected chi connectivity index (χ3v) is 11.4. The molecule has 5 saturated heterocycles. The van der Waals surface area contributed by atoms with Crippen LogP contribution in [0, 0.1) is 5.41 Å². The standard InChI is InChI=1S/C10H21BO2.C9H11BO2.C9H19BO2.C8H17BO2.C6H13BO2.C5H11BO2/c1-8(2)11-12-9(3,4)7-10(5,6)13-11;1-7(2)10-11-8-5-3-4-6-9(8)12-10;1-7(2)10-11-8(3,4)9(5,6)12-10;1-7(2)9-10-5-8(3,4)6-11-9;1-6(2)7-8-4-3-5-9-7;1-5(2)6-7-3-4-8-6/h8H,7H2,1-6H3;3-7H,1-2H3;7H,1-6H3;7H,5-6H2,1-4H3;6H,3-5H2,1-2H3;5H,3-4H2,1-2H3. The molecule has 0 radical (unpaired) electrons. The molecule has 0 saturated carbocycles. The Morgan fingerprint density at radius 2 is 0.692 bits per heavy atom. The van der Waals surface area contributed by atoms with Crippen molar-refractivity contribution in [2.45, 2.75) is 222 Å².